The Kier molecular flexibility index (Phi) is 3.50. The molecule has 3 heteroatoms. The molecule has 1 unspecified atom stereocenters. The van der Waals surface area contributed by atoms with E-state index in [-0.39, 0.29) is 0 Å². The van der Waals surface area contributed by atoms with Crippen molar-refractivity contribution in [1.29, 1.82) is 0 Å². The van der Waals surface area contributed by atoms with E-state index in [2.05, 4.69) is 24.6 Å². The van der Waals surface area contributed by atoms with E-state index < -0.39 is 0 Å². The SMILES string of the molecule is CC1NCC[C@@]1(C)CCCNO. The molecule has 0 aliphatic carbocycles. The van der Waals surface area contributed by atoms with Crippen molar-refractivity contribution in [2.24, 2.45) is 5.41 Å². The minimum Gasteiger partial charge on any atom is -0.317 e. The molecule has 0 spiro atoms. The Hall–Kier alpha value is -0.120. The molecule has 0 aromatic carbocycles. The van der Waals surface area contributed by atoms with E-state index in [0.717, 1.165) is 13.0 Å². The highest BCUT2D eigenvalue weighted by molar-refractivity contribution is 4.90. The summed E-state index contributed by atoms with van der Waals surface area (Å²) in [5, 5.41) is 11.9. The first-order valence-corrected chi connectivity index (χ1v) is 4.79. The molecular formula is C9H20N2O. The van der Waals surface area contributed by atoms with Crippen molar-refractivity contribution in [3.63, 3.8) is 0 Å². The Morgan fingerprint density at radius 1 is 1.67 bits per heavy atom. The third kappa shape index (κ3) is 2.19. The van der Waals surface area contributed by atoms with Crippen molar-refractivity contribution in [1.82, 2.24) is 10.8 Å². The first kappa shape index (κ1) is 9.96. The largest absolute Gasteiger partial charge is 0.317 e. The zero-order valence-electron chi connectivity index (χ0n) is 8.06. The van der Waals surface area contributed by atoms with Gasteiger partial charge in [-0.1, -0.05) is 6.92 Å². The molecule has 2 atom stereocenters. The summed E-state index contributed by atoms with van der Waals surface area (Å²) in [6.45, 7) is 6.43. The standard InChI is InChI=1S/C9H20N2O/c1-8-9(2,5-7-10-8)4-3-6-11-12/h8,10-12H,3-7H2,1-2H3/t8?,9-/m1/s1. The second-order valence-electron chi connectivity index (χ2n) is 4.09. The van der Waals surface area contributed by atoms with Gasteiger partial charge in [0.25, 0.3) is 0 Å². The first-order chi connectivity index (χ1) is 5.69. The fourth-order valence-corrected chi connectivity index (χ4v) is 1.95. The Bertz CT molecular complexity index is 140. The molecule has 0 amide bonds. The molecule has 72 valence electrons. The highest BCUT2D eigenvalue weighted by Crippen LogP contribution is 2.34. The summed E-state index contributed by atoms with van der Waals surface area (Å²) in [6, 6.07) is 0.621. The van der Waals surface area contributed by atoms with E-state index in [1.807, 2.05) is 0 Å². The smallest absolute Gasteiger partial charge is 0.0207 e. The predicted octanol–water partition coefficient (Wildman–Crippen LogP) is 1.13. The van der Waals surface area contributed by atoms with Crippen molar-refractivity contribution >= 4 is 0 Å². The zero-order chi connectivity index (χ0) is 9.03. The van der Waals surface area contributed by atoms with Crippen LogP contribution in [0.4, 0.5) is 0 Å². The van der Waals surface area contributed by atoms with Gasteiger partial charge in [-0.3, -0.25) is 0 Å². The lowest BCUT2D eigenvalue weighted by atomic mass is 9.79. The summed E-state index contributed by atoms with van der Waals surface area (Å²) in [6.07, 6.45) is 3.51. The van der Waals surface area contributed by atoms with Crippen LogP contribution in [0, 0.1) is 5.41 Å². The highest BCUT2D eigenvalue weighted by Gasteiger charge is 2.34. The minimum atomic E-state index is 0.441. The molecule has 0 aromatic rings. The summed E-state index contributed by atoms with van der Waals surface area (Å²) in [4.78, 5) is 0. The van der Waals surface area contributed by atoms with Gasteiger partial charge in [-0.15, -0.1) is 0 Å². The predicted molar refractivity (Wildman–Crippen MR) is 49.2 cm³/mol. The minimum absolute atomic E-state index is 0.441. The summed E-state index contributed by atoms with van der Waals surface area (Å²) < 4.78 is 0. The summed E-state index contributed by atoms with van der Waals surface area (Å²) in [5.41, 5.74) is 2.64. The lowest BCUT2D eigenvalue weighted by Gasteiger charge is -2.28. The van der Waals surface area contributed by atoms with Crippen LogP contribution in [0.5, 0.6) is 0 Å². The maximum atomic E-state index is 8.42. The number of hydrogen-bond acceptors (Lipinski definition) is 3. The van der Waals surface area contributed by atoms with Gasteiger partial charge in [0.15, 0.2) is 0 Å². The van der Waals surface area contributed by atoms with Gasteiger partial charge in [0.1, 0.15) is 0 Å². The molecule has 1 aliphatic heterocycles. The number of hydroxylamine groups is 1. The Morgan fingerprint density at radius 3 is 2.92 bits per heavy atom. The van der Waals surface area contributed by atoms with E-state index in [1.54, 1.807) is 0 Å². The highest BCUT2D eigenvalue weighted by atomic mass is 16.5. The van der Waals surface area contributed by atoms with E-state index in [4.69, 9.17) is 5.21 Å². The zero-order valence-corrected chi connectivity index (χ0v) is 8.06. The van der Waals surface area contributed by atoms with Crippen molar-refractivity contribution in [2.75, 3.05) is 13.1 Å². The van der Waals surface area contributed by atoms with Crippen LogP contribution in [-0.2, 0) is 0 Å². The van der Waals surface area contributed by atoms with Crippen LogP contribution < -0.4 is 10.8 Å². The van der Waals surface area contributed by atoms with Crippen LogP contribution in [0.3, 0.4) is 0 Å². The molecule has 1 aliphatic rings. The summed E-state index contributed by atoms with van der Waals surface area (Å²) in [7, 11) is 0. The topological polar surface area (TPSA) is 44.3 Å². The first-order valence-electron chi connectivity index (χ1n) is 4.79. The fourth-order valence-electron chi connectivity index (χ4n) is 1.95. The summed E-state index contributed by atoms with van der Waals surface area (Å²) in [5.74, 6) is 0. The van der Waals surface area contributed by atoms with E-state index in [0.29, 0.717) is 18.0 Å². The molecule has 0 bridgehead atoms. The Balaban J connectivity index is 2.27. The van der Waals surface area contributed by atoms with Gasteiger partial charge in [0.05, 0.1) is 0 Å². The number of rotatable bonds is 4. The van der Waals surface area contributed by atoms with Crippen LogP contribution in [0.15, 0.2) is 0 Å². The summed E-state index contributed by atoms with van der Waals surface area (Å²) >= 11 is 0. The van der Waals surface area contributed by atoms with Gasteiger partial charge in [-0.2, -0.15) is 0 Å². The Labute approximate surface area is 74.5 Å². The van der Waals surface area contributed by atoms with E-state index >= 15 is 0 Å². The molecule has 3 N–H and O–H groups in total. The quantitative estimate of drug-likeness (QED) is 0.440. The molecule has 0 radical (unpaired) electrons. The van der Waals surface area contributed by atoms with Gasteiger partial charge < -0.3 is 10.5 Å². The van der Waals surface area contributed by atoms with Crippen LogP contribution >= 0.6 is 0 Å². The van der Waals surface area contributed by atoms with Gasteiger partial charge in [-0.25, -0.2) is 5.48 Å². The lowest BCUT2D eigenvalue weighted by Crippen LogP contribution is -2.32. The second-order valence-corrected chi connectivity index (χ2v) is 4.09. The normalized spacial score (nSPS) is 35.8. The Morgan fingerprint density at radius 2 is 2.42 bits per heavy atom. The van der Waals surface area contributed by atoms with Crippen molar-refractivity contribution in [2.45, 2.75) is 39.2 Å². The number of nitrogens with one attached hydrogen (secondary N) is 2. The third-order valence-electron chi connectivity index (χ3n) is 3.23. The molecule has 3 nitrogen and oxygen atoms in total. The van der Waals surface area contributed by atoms with E-state index in [1.165, 1.54) is 12.8 Å². The third-order valence-corrected chi connectivity index (χ3v) is 3.23. The maximum Gasteiger partial charge on any atom is 0.0207 e. The molecule has 1 saturated heterocycles. The van der Waals surface area contributed by atoms with Crippen molar-refractivity contribution in [3.8, 4) is 0 Å². The van der Waals surface area contributed by atoms with Crippen molar-refractivity contribution < 1.29 is 5.21 Å². The maximum absolute atomic E-state index is 8.42. The van der Waals surface area contributed by atoms with Crippen molar-refractivity contribution in [3.05, 3.63) is 0 Å². The molecular weight excluding hydrogens is 152 g/mol. The molecule has 0 saturated carbocycles. The van der Waals surface area contributed by atoms with Crippen LogP contribution in [-0.4, -0.2) is 24.3 Å². The lowest BCUT2D eigenvalue weighted by molar-refractivity contribution is 0.155. The second kappa shape index (κ2) is 4.21. The van der Waals surface area contributed by atoms with Gasteiger partial charge in [-0.05, 0) is 38.1 Å². The van der Waals surface area contributed by atoms with Gasteiger partial charge in [0, 0.05) is 12.6 Å². The fraction of sp³-hybridized carbons (Fsp3) is 1.00. The molecule has 1 heterocycles. The molecule has 1 rings (SSSR count). The average molecular weight is 172 g/mol. The average Bonchev–Trinajstić information content (AvgIpc) is 2.34. The van der Waals surface area contributed by atoms with Crippen LogP contribution in [0.25, 0.3) is 0 Å². The molecule has 0 aromatic heterocycles. The van der Waals surface area contributed by atoms with E-state index in [9.17, 15) is 0 Å². The monoisotopic (exact) mass is 172 g/mol. The molecule has 1 fully saturated rings. The van der Waals surface area contributed by atoms with Crippen LogP contribution in [0.2, 0.25) is 0 Å². The molecule has 12 heavy (non-hydrogen) atoms. The van der Waals surface area contributed by atoms with Gasteiger partial charge >= 0.3 is 0 Å². The number of hydrogen-bond donors (Lipinski definition) is 3. The van der Waals surface area contributed by atoms with Crippen LogP contribution in [0.1, 0.15) is 33.1 Å². The van der Waals surface area contributed by atoms with Gasteiger partial charge in [0.2, 0.25) is 0 Å².